The predicted octanol–water partition coefficient (Wildman–Crippen LogP) is 3.39. The number of aliphatic hydroxyl groups is 1. The van der Waals surface area contributed by atoms with Crippen LogP contribution in [0, 0.1) is 0 Å². The van der Waals surface area contributed by atoms with Gasteiger partial charge in [-0.15, -0.1) is 0 Å². The Labute approximate surface area is 128 Å². The molecule has 3 nitrogen and oxygen atoms in total. The highest BCUT2D eigenvalue weighted by Crippen LogP contribution is 2.20. The molecule has 0 aliphatic heterocycles. The second-order valence-electron chi connectivity index (χ2n) is 6.32. The van der Waals surface area contributed by atoms with E-state index in [-0.39, 0.29) is 0 Å². The van der Waals surface area contributed by atoms with Gasteiger partial charge in [0.1, 0.15) is 0 Å². The molecule has 3 heteroatoms. The molecular formula is C18H29NO2. The van der Waals surface area contributed by atoms with Gasteiger partial charge in [0.15, 0.2) is 0 Å². The third kappa shape index (κ3) is 5.42. The fourth-order valence-electron chi connectivity index (χ4n) is 2.81. The van der Waals surface area contributed by atoms with Crippen LogP contribution in [0.4, 0.5) is 0 Å². The van der Waals surface area contributed by atoms with Crippen molar-refractivity contribution >= 4 is 0 Å². The summed E-state index contributed by atoms with van der Waals surface area (Å²) in [4.78, 5) is 0. The van der Waals surface area contributed by atoms with Crippen LogP contribution in [-0.2, 0) is 4.74 Å². The lowest BCUT2D eigenvalue weighted by Crippen LogP contribution is -2.26. The van der Waals surface area contributed by atoms with Crippen molar-refractivity contribution < 1.29 is 9.84 Å². The summed E-state index contributed by atoms with van der Waals surface area (Å²) >= 11 is 0. The van der Waals surface area contributed by atoms with E-state index in [4.69, 9.17) is 4.74 Å². The highest BCUT2D eigenvalue weighted by atomic mass is 16.5. The normalized spacial score (nSPS) is 17.5. The number of ether oxygens (including phenoxy) is 1. The average molecular weight is 291 g/mol. The van der Waals surface area contributed by atoms with Gasteiger partial charge < -0.3 is 15.2 Å². The monoisotopic (exact) mass is 291 g/mol. The first-order valence-electron chi connectivity index (χ1n) is 8.27. The van der Waals surface area contributed by atoms with E-state index in [0.717, 1.165) is 18.7 Å². The highest BCUT2D eigenvalue weighted by molar-refractivity contribution is 5.26. The minimum absolute atomic E-state index is 0.447. The van der Waals surface area contributed by atoms with Gasteiger partial charge in [-0.2, -0.15) is 0 Å². The van der Waals surface area contributed by atoms with Gasteiger partial charge >= 0.3 is 0 Å². The van der Waals surface area contributed by atoms with E-state index in [1.807, 2.05) is 12.1 Å². The van der Waals surface area contributed by atoms with E-state index in [2.05, 4.69) is 31.3 Å². The molecule has 1 atom stereocenters. The maximum atomic E-state index is 10.2. The Balaban J connectivity index is 1.63. The summed E-state index contributed by atoms with van der Waals surface area (Å²) in [6.45, 7) is 6.48. The maximum Gasteiger partial charge on any atom is 0.0914 e. The first-order chi connectivity index (χ1) is 10.2. The van der Waals surface area contributed by atoms with E-state index in [1.54, 1.807) is 0 Å². The van der Waals surface area contributed by atoms with Gasteiger partial charge in [0, 0.05) is 13.1 Å². The molecule has 0 heterocycles. The summed E-state index contributed by atoms with van der Waals surface area (Å²) in [5.41, 5.74) is 2.28. The van der Waals surface area contributed by atoms with Crippen LogP contribution < -0.4 is 5.32 Å². The minimum atomic E-state index is -0.447. The maximum absolute atomic E-state index is 10.2. The summed E-state index contributed by atoms with van der Waals surface area (Å²) in [5, 5.41) is 13.4. The molecule has 0 aromatic heterocycles. The summed E-state index contributed by atoms with van der Waals surface area (Å²) < 4.78 is 5.79. The molecule has 1 aliphatic carbocycles. The van der Waals surface area contributed by atoms with Crippen LogP contribution in [-0.4, -0.2) is 30.9 Å². The molecule has 1 aliphatic rings. The topological polar surface area (TPSA) is 41.5 Å². The standard InChI is InChI=1S/C18H29NO2/c1-14(2)15-7-9-16(10-8-15)18(20)13-19-11-12-21-17-5-3-4-6-17/h7-10,14,17-20H,3-6,11-13H2,1-2H3. The van der Waals surface area contributed by atoms with Crippen LogP contribution in [0.25, 0.3) is 0 Å². The number of nitrogens with one attached hydrogen (secondary N) is 1. The molecule has 1 unspecified atom stereocenters. The van der Waals surface area contributed by atoms with Crippen LogP contribution in [0.2, 0.25) is 0 Å². The van der Waals surface area contributed by atoms with E-state index in [9.17, 15) is 5.11 Å². The zero-order valence-corrected chi connectivity index (χ0v) is 13.3. The van der Waals surface area contributed by atoms with Crippen LogP contribution in [0.1, 0.15) is 62.7 Å². The third-order valence-electron chi connectivity index (χ3n) is 4.26. The number of hydrogen-bond acceptors (Lipinski definition) is 3. The second kappa shape index (κ2) is 8.52. The van der Waals surface area contributed by atoms with Crippen molar-refractivity contribution in [1.82, 2.24) is 5.32 Å². The zero-order valence-electron chi connectivity index (χ0n) is 13.3. The van der Waals surface area contributed by atoms with Crippen LogP contribution in [0.5, 0.6) is 0 Å². The fraction of sp³-hybridized carbons (Fsp3) is 0.667. The Morgan fingerprint density at radius 1 is 1.14 bits per heavy atom. The van der Waals surface area contributed by atoms with Crippen molar-refractivity contribution in [3.63, 3.8) is 0 Å². The number of rotatable bonds is 8. The van der Waals surface area contributed by atoms with Gasteiger partial charge in [-0.05, 0) is 29.9 Å². The van der Waals surface area contributed by atoms with Gasteiger partial charge in [-0.1, -0.05) is 51.0 Å². The second-order valence-corrected chi connectivity index (χ2v) is 6.32. The van der Waals surface area contributed by atoms with Gasteiger partial charge in [0.25, 0.3) is 0 Å². The minimum Gasteiger partial charge on any atom is -0.387 e. The largest absolute Gasteiger partial charge is 0.387 e. The SMILES string of the molecule is CC(C)c1ccc(C(O)CNCCOC2CCCC2)cc1. The molecule has 0 amide bonds. The molecular weight excluding hydrogens is 262 g/mol. The fourth-order valence-corrected chi connectivity index (χ4v) is 2.81. The van der Waals surface area contributed by atoms with Crippen LogP contribution in [0.15, 0.2) is 24.3 Å². The first kappa shape index (κ1) is 16.5. The molecule has 2 N–H and O–H groups in total. The summed E-state index contributed by atoms with van der Waals surface area (Å²) in [6, 6.07) is 8.26. The summed E-state index contributed by atoms with van der Waals surface area (Å²) in [5.74, 6) is 0.530. The molecule has 1 aromatic rings. The van der Waals surface area contributed by atoms with Crippen molar-refractivity contribution in [3.05, 3.63) is 35.4 Å². The summed E-state index contributed by atoms with van der Waals surface area (Å²) in [6.07, 6.45) is 5.07. The van der Waals surface area contributed by atoms with Gasteiger partial charge in [0.05, 0.1) is 18.8 Å². The van der Waals surface area contributed by atoms with Crippen molar-refractivity contribution in [3.8, 4) is 0 Å². The zero-order chi connectivity index (χ0) is 15.1. The molecule has 1 fully saturated rings. The van der Waals surface area contributed by atoms with E-state index in [1.165, 1.54) is 31.2 Å². The molecule has 0 saturated heterocycles. The molecule has 2 rings (SSSR count). The van der Waals surface area contributed by atoms with Crippen LogP contribution >= 0.6 is 0 Å². The lowest BCUT2D eigenvalue weighted by molar-refractivity contribution is 0.0585. The Bertz CT molecular complexity index is 396. The molecule has 21 heavy (non-hydrogen) atoms. The van der Waals surface area contributed by atoms with Crippen molar-refractivity contribution in [1.29, 1.82) is 0 Å². The predicted molar refractivity (Wildman–Crippen MR) is 86.6 cm³/mol. The number of hydrogen-bond donors (Lipinski definition) is 2. The van der Waals surface area contributed by atoms with Crippen molar-refractivity contribution in [2.45, 2.75) is 57.7 Å². The lowest BCUT2D eigenvalue weighted by atomic mass is 10.00. The molecule has 1 aromatic carbocycles. The molecule has 1 saturated carbocycles. The average Bonchev–Trinajstić information content (AvgIpc) is 3.00. The molecule has 118 valence electrons. The van der Waals surface area contributed by atoms with E-state index < -0.39 is 6.10 Å². The quantitative estimate of drug-likeness (QED) is 0.721. The molecule has 0 spiro atoms. The van der Waals surface area contributed by atoms with Crippen molar-refractivity contribution in [2.24, 2.45) is 0 Å². The Kier molecular flexibility index (Phi) is 6.68. The lowest BCUT2D eigenvalue weighted by Gasteiger charge is -2.15. The molecule has 0 radical (unpaired) electrons. The van der Waals surface area contributed by atoms with Gasteiger partial charge in [0.2, 0.25) is 0 Å². The third-order valence-corrected chi connectivity index (χ3v) is 4.26. The number of aliphatic hydroxyl groups excluding tert-OH is 1. The van der Waals surface area contributed by atoms with E-state index in [0.29, 0.717) is 18.6 Å². The Morgan fingerprint density at radius 3 is 2.38 bits per heavy atom. The number of benzene rings is 1. The highest BCUT2D eigenvalue weighted by Gasteiger charge is 2.14. The smallest absolute Gasteiger partial charge is 0.0914 e. The first-order valence-corrected chi connectivity index (χ1v) is 8.27. The van der Waals surface area contributed by atoms with Gasteiger partial charge in [-0.25, -0.2) is 0 Å². The van der Waals surface area contributed by atoms with Crippen molar-refractivity contribution in [2.75, 3.05) is 19.7 Å². The molecule has 0 bridgehead atoms. The van der Waals surface area contributed by atoms with Gasteiger partial charge in [-0.3, -0.25) is 0 Å². The summed E-state index contributed by atoms with van der Waals surface area (Å²) in [7, 11) is 0. The Hall–Kier alpha value is -0.900. The van der Waals surface area contributed by atoms with Crippen LogP contribution in [0.3, 0.4) is 0 Å². The Morgan fingerprint density at radius 2 is 1.76 bits per heavy atom. The van der Waals surface area contributed by atoms with E-state index >= 15 is 0 Å².